The van der Waals surface area contributed by atoms with Crippen molar-refractivity contribution >= 4 is 23.4 Å². The zero-order valence-corrected chi connectivity index (χ0v) is 18.6. The highest BCUT2D eigenvalue weighted by molar-refractivity contribution is 6.33. The number of para-hydroxylation sites is 1. The molecule has 0 aliphatic carbocycles. The summed E-state index contributed by atoms with van der Waals surface area (Å²) in [6.45, 7) is 0.342. The van der Waals surface area contributed by atoms with Crippen LogP contribution in [-0.4, -0.2) is 21.6 Å². The molecule has 0 aliphatic rings. The molecular formula is C26H23ClN4O2. The Morgan fingerprint density at radius 2 is 1.64 bits per heavy atom. The van der Waals surface area contributed by atoms with Gasteiger partial charge in [-0.1, -0.05) is 72.3 Å². The number of amides is 2. The highest BCUT2D eigenvalue weighted by Gasteiger charge is 2.20. The monoisotopic (exact) mass is 458 g/mol. The van der Waals surface area contributed by atoms with E-state index < -0.39 is 6.04 Å². The Kier molecular flexibility index (Phi) is 7.17. The maximum absolute atomic E-state index is 12.9. The van der Waals surface area contributed by atoms with Gasteiger partial charge in [-0.2, -0.15) is 5.10 Å². The summed E-state index contributed by atoms with van der Waals surface area (Å²) in [5, 5.41) is 10.6. The molecule has 0 radical (unpaired) electrons. The second-order valence-electron chi connectivity index (χ2n) is 7.48. The van der Waals surface area contributed by atoms with Gasteiger partial charge in [-0.05, 0) is 35.4 Å². The van der Waals surface area contributed by atoms with E-state index in [4.69, 9.17) is 11.6 Å². The van der Waals surface area contributed by atoms with E-state index in [2.05, 4.69) is 15.7 Å². The average molecular weight is 459 g/mol. The number of hydrogen-bond donors (Lipinski definition) is 2. The molecule has 4 rings (SSSR count). The fraction of sp³-hybridized carbons (Fsp3) is 0.115. The first-order chi connectivity index (χ1) is 16.1. The lowest BCUT2D eigenvalue weighted by Gasteiger charge is -2.20. The number of carbonyl (C=O) groups excluding carboxylic acids is 2. The van der Waals surface area contributed by atoms with E-state index in [-0.39, 0.29) is 18.2 Å². The van der Waals surface area contributed by atoms with E-state index in [9.17, 15) is 9.59 Å². The molecular weight excluding hydrogens is 436 g/mol. The third-order valence-corrected chi connectivity index (χ3v) is 5.56. The molecule has 1 aromatic heterocycles. The van der Waals surface area contributed by atoms with Crippen LogP contribution in [0.4, 0.5) is 0 Å². The number of rotatable bonds is 8. The predicted octanol–water partition coefficient (Wildman–Crippen LogP) is 4.70. The number of carbonyl (C=O) groups is 2. The van der Waals surface area contributed by atoms with Crippen molar-refractivity contribution in [3.05, 3.63) is 119 Å². The average Bonchev–Trinajstić information content (AvgIpc) is 3.38. The molecule has 0 saturated carbocycles. The highest BCUT2D eigenvalue weighted by Crippen LogP contribution is 2.21. The van der Waals surface area contributed by atoms with Gasteiger partial charge in [-0.25, -0.2) is 4.68 Å². The lowest BCUT2D eigenvalue weighted by atomic mass is 10.0. The largest absolute Gasteiger partial charge is 0.352 e. The minimum atomic E-state index is -0.503. The lowest BCUT2D eigenvalue weighted by Crippen LogP contribution is -2.34. The molecule has 3 aromatic carbocycles. The van der Waals surface area contributed by atoms with E-state index in [0.29, 0.717) is 17.1 Å². The summed E-state index contributed by atoms with van der Waals surface area (Å²) in [7, 11) is 0. The Hall–Kier alpha value is -3.90. The first-order valence-electron chi connectivity index (χ1n) is 10.6. The molecule has 1 atom stereocenters. The number of aromatic nitrogens is 2. The third-order valence-electron chi connectivity index (χ3n) is 5.23. The zero-order chi connectivity index (χ0) is 23.0. The molecule has 2 amide bonds. The predicted molar refractivity (Wildman–Crippen MR) is 128 cm³/mol. The molecule has 0 bridgehead atoms. The van der Waals surface area contributed by atoms with Gasteiger partial charge in [-0.15, -0.1) is 0 Å². The second kappa shape index (κ2) is 10.6. The maximum Gasteiger partial charge on any atom is 0.253 e. The van der Waals surface area contributed by atoms with E-state index in [1.54, 1.807) is 35.1 Å². The summed E-state index contributed by atoms with van der Waals surface area (Å²) < 4.78 is 1.76. The molecule has 4 aromatic rings. The molecule has 7 heteroatoms. The quantitative estimate of drug-likeness (QED) is 0.401. The molecule has 166 valence electrons. The molecule has 0 fully saturated rings. The molecule has 1 heterocycles. The van der Waals surface area contributed by atoms with E-state index >= 15 is 0 Å². The van der Waals surface area contributed by atoms with Crippen molar-refractivity contribution in [2.75, 3.05) is 0 Å². The summed E-state index contributed by atoms with van der Waals surface area (Å²) in [6, 6.07) is 25.4. The van der Waals surface area contributed by atoms with Crippen LogP contribution in [0, 0.1) is 0 Å². The van der Waals surface area contributed by atoms with Crippen molar-refractivity contribution < 1.29 is 9.59 Å². The Morgan fingerprint density at radius 1 is 0.909 bits per heavy atom. The smallest absolute Gasteiger partial charge is 0.253 e. The fourth-order valence-electron chi connectivity index (χ4n) is 3.57. The molecule has 6 nitrogen and oxygen atoms in total. The topological polar surface area (TPSA) is 76.0 Å². The van der Waals surface area contributed by atoms with Gasteiger partial charge in [0.05, 0.1) is 28.7 Å². The fourth-order valence-corrected chi connectivity index (χ4v) is 3.79. The van der Waals surface area contributed by atoms with Gasteiger partial charge in [0, 0.05) is 18.9 Å². The van der Waals surface area contributed by atoms with Crippen LogP contribution in [0.25, 0.3) is 5.69 Å². The van der Waals surface area contributed by atoms with Crippen LogP contribution >= 0.6 is 11.6 Å². The van der Waals surface area contributed by atoms with Gasteiger partial charge < -0.3 is 10.6 Å². The van der Waals surface area contributed by atoms with Gasteiger partial charge >= 0.3 is 0 Å². The Morgan fingerprint density at radius 3 is 2.39 bits per heavy atom. The summed E-state index contributed by atoms with van der Waals surface area (Å²) in [5.41, 5.74) is 3.04. The van der Waals surface area contributed by atoms with Gasteiger partial charge in [0.15, 0.2) is 0 Å². The van der Waals surface area contributed by atoms with Gasteiger partial charge in [0.1, 0.15) is 0 Å². The van der Waals surface area contributed by atoms with Crippen LogP contribution in [-0.2, 0) is 11.3 Å². The number of benzene rings is 3. The van der Waals surface area contributed by atoms with Crippen molar-refractivity contribution in [1.82, 2.24) is 20.4 Å². The minimum Gasteiger partial charge on any atom is -0.352 e. The molecule has 0 spiro atoms. The zero-order valence-electron chi connectivity index (χ0n) is 17.8. The first-order valence-corrected chi connectivity index (χ1v) is 10.9. The minimum absolute atomic E-state index is 0.0874. The van der Waals surface area contributed by atoms with Crippen molar-refractivity contribution in [3.63, 3.8) is 0 Å². The number of nitrogens with zero attached hydrogens (tertiary/aromatic N) is 2. The number of nitrogens with one attached hydrogen (secondary N) is 2. The van der Waals surface area contributed by atoms with Crippen molar-refractivity contribution in [3.8, 4) is 5.69 Å². The Labute approximate surface area is 197 Å². The van der Waals surface area contributed by atoms with Crippen molar-refractivity contribution in [1.29, 1.82) is 0 Å². The van der Waals surface area contributed by atoms with Crippen LogP contribution in [0.3, 0.4) is 0 Å². The molecule has 1 unspecified atom stereocenters. The third kappa shape index (κ3) is 5.67. The van der Waals surface area contributed by atoms with Crippen molar-refractivity contribution in [2.24, 2.45) is 0 Å². The van der Waals surface area contributed by atoms with Crippen LogP contribution in [0.1, 0.15) is 33.9 Å². The summed E-state index contributed by atoms with van der Waals surface area (Å²) in [5.74, 6) is -0.509. The SMILES string of the molecule is O=C(CC(NC(=O)c1ccccc1Cl)c1ccccc1)NCc1ccccc1-n1cccn1. The van der Waals surface area contributed by atoms with Gasteiger partial charge in [0.25, 0.3) is 5.91 Å². The Bertz CT molecular complexity index is 1230. The van der Waals surface area contributed by atoms with Gasteiger partial charge in [-0.3, -0.25) is 9.59 Å². The van der Waals surface area contributed by atoms with E-state index in [1.807, 2.05) is 66.9 Å². The Balaban J connectivity index is 1.46. The van der Waals surface area contributed by atoms with E-state index in [1.165, 1.54) is 0 Å². The van der Waals surface area contributed by atoms with Crippen LogP contribution in [0.5, 0.6) is 0 Å². The number of halogens is 1. The first kappa shape index (κ1) is 22.3. The highest BCUT2D eigenvalue weighted by atomic mass is 35.5. The standard InChI is InChI=1S/C26H23ClN4O2/c27-22-13-6-5-12-21(22)26(33)30-23(19-9-2-1-3-10-19)17-25(32)28-18-20-11-4-7-14-24(20)31-16-8-15-29-31/h1-16,23H,17-18H2,(H,28,32)(H,30,33). The molecule has 0 aliphatic heterocycles. The summed E-state index contributed by atoms with van der Waals surface area (Å²) >= 11 is 6.18. The van der Waals surface area contributed by atoms with Crippen LogP contribution < -0.4 is 10.6 Å². The lowest BCUT2D eigenvalue weighted by molar-refractivity contribution is -0.121. The summed E-state index contributed by atoms with van der Waals surface area (Å²) in [6.07, 6.45) is 3.65. The molecule has 33 heavy (non-hydrogen) atoms. The molecule has 0 saturated heterocycles. The summed E-state index contributed by atoms with van der Waals surface area (Å²) in [4.78, 5) is 25.7. The van der Waals surface area contributed by atoms with E-state index in [0.717, 1.165) is 16.8 Å². The maximum atomic E-state index is 12.9. The second-order valence-corrected chi connectivity index (χ2v) is 7.88. The van der Waals surface area contributed by atoms with Crippen LogP contribution in [0.15, 0.2) is 97.3 Å². The molecule has 2 N–H and O–H groups in total. The van der Waals surface area contributed by atoms with Crippen molar-refractivity contribution in [2.45, 2.75) is 19.0 Å². The number of hydrogen-bond acceptors (Lipinski definition) is 3. The normalized spacial score (nSPS) is 11.5. The van der Waals surface area contributed by atoms with Crippen LogP contribution in [0.2, 0.25) is 5.02 Å². The van der Waals surface area contributed by atoms with Gasteiger partial charge in [0.2, 0.25) is 5.91 Å².